The van der Waals surface area contributed by atoms with Crippen molar-refractivity contribution in [2.45, 2.75) is 33.2 Å². The fourth-order valence-corrected chi connectivity index (χ4v) is 2.64. The summed E-state index contributed by atoms with van der Waals surface area (Å²) < 4.78 is 11.0. The highest BCUT2D eigenvalue weighted by Crippen LogP contribution is 2.28. The van der Waals surface area contributed by atoms with E-state index in [1.54, 1.807) is 13.3 Å². The Kier molecular flexibility index (Phi) is 8.96. The maximum atomic E-state index is 5.64. The number of rotatable bonds is 10. The van der Waals surface area contributed by atoms with Gasteiger partial charge in [0.05, 0.1) is 26.0 Å². The zero-order valence-electron chi connectivity index (χ0n) is 16.5. The summed E-state index contributed by atoms with van der Waals surface area (Å²) in [5.74, 6) is 2.39. The van der Waals surface area contributed by atoms with Gasteiger partial charge >= 0.3 is 0 Å². The van der Waals surface area contributed by atoms with Gasteiger partial charge in [-0.2, -0.15) is 0 Å². The predicted octanol–water partition coefficient (Wildman–Crippen LogP) is 3.18. The molecule has 0 spiro atoms. The Morgan fingerprint density at radius 1 is 1.11 bits per heavy atom. The molecule has 0 saturated carbocycles. The molecule has 0 fully saturated rings. The van der Waals surface area contributed by atoms with Crippen LogP contribution in [0, 0.1) is 0 Å². The van der Waals surface area contributed by atoms with Gasteiger partial charge in [-0.1, -0.05) is 12.1 Å². The zero-order chi connectivity index (χ0) is 19.3. The predicted molar refractivity (Wildman–Crippen MR) is 110 cm³/mol. The molecule has 27 heavy (non-hydrogen) atoms. The van der Waals surface area contributed by atoms with Crippen LogP contribution in [0.5, 0.6) is 11.5 Å². The molecule has 0 aliphatic carbocycles. The molecule has 1 aromatic heterocycles. The molecular formula is C21H30N4O2. The first kappa shape index (κ1) is 20.6. The molecule has 0 bridgehead atoms. The second kappa shape index (κ2) is 11.8. The molecule has 2 aromatic rings. The van der Waals surface area contributed by atoms with Crippen LogP contribution in [0.25, 0.3) is 0 Å². The van der Waals surface area contributed by atoms with E-state index < -0.39 is 0 Å². The Morgan fingerprint density at radius 2 is 2.00 bits per heavy atom. The molecule has 146 valence electrons. The van der Waals surface area contributed by atoms with Gasteiger partial charge in [-0.25, -0.2) is 4.99 Å². The van der Waals surface area contributed by atoms with Crippen LogP contribution in [0.1, 0.15) is 31.5 Å². The van der Waals surface area contributed by atoms with Crippen molar-refractivity contribution >= 4 is 5.96 Å². The number of guanidine groups is 1. The molecule has 0 amide bonds. The minimum atomic E-state index is 0.562. The molecule has 0 aliphatic rings. The largest absolute Gasteiger partial charge is 0.493 e. The smallest absolute Gasteiger partial charge is 0.191 e. The van der Waals surface area contributed by atoms with E-state index in [-0.39, 0.29) is 0 Å². The third kappa shape index (κ3) is 7.17. The molecule has 0 saturated heterocycles. The van der Waals surface area contributed by atoms with Crippen molar-refractivity contribution in [1.29, 1.82) is 0 Å². The number of aliphatic imine (C=N–C) groups is 1. The molecule has 2 N–H and O–H groups in total. The van der Waals surface area contributed by atoms with Gasteiger partial charge < -0.3 is 20.1 Å². The molecule has 6 heteroatoms. The summed E-state index contributed by atoms with van der Waals surface area (Å²) in [5, 5.41) is 6.65. The fraction of sp³-hybridized carbons (Fsp3) is 0.429. The standard InChI is InChI=1S/C21H30N4O2/c1-4-22-21(25-16-18-10-6-7-13-23-18)24-14-8-9-17-11-12-19(26-3)20(15-17)27-5-2/h6-7,10-13,15H,4-5,8-9,14,16H2,1-3H3,(H2,22,24,25). The maximum absolute atomic E-state index is 5.64. The van der Waals surface area contributed by atoms with E-state index in [4.69, 9.17) is 9.47 Å². The number of pyridine rings is 1. The van der Waals surface area contributed by atoms with Gasteiger partial charge in [0.1, 0.15) is 0 Å². The van der Waals surface area contributed by atoms with E-state index in [0.717, 1.165) is 49.1 Å². The normalized spacial score (nSPS) is 11.1. The average molecular weight is 370 g/mol. The minimum Gasteiger partial charge on any atom is -0.493 e. The molecule has 0 unspecified atom stereocenters. The number of ether oxygens (including phenoxy) is 2. The molecule has 0 radical (unpaired) electrons. The molecule has 1 aromatic carbocycles. The van der Waals surface area contributed by atoms with Gasteiger partial charge in [0, 0.05) is 19.3 Å². The van der Waals surface area contributed by atoms with Crippen molar-refractivity contribution in [3.8, 4) is 11.5 Å². The molecule has 6 nitrogen and oxygen atoms in total. The van der Waals surface area contributed by atoms with E-state index in [1.165, 1.54) is 5.56 Å². The quantitative estimate of drug-likeness (QED) is 0.382. The van der Waals surface area contributed by atoms with Crippen molar-refractivity contribution in [3.63, 3.8) is 0 Å². The topological polar surface area (TPSA) is 67.8 Å². The van der Waals surface area contributed by atoms with Gasteiger partial charge in [0.15, 0.2) is 17.5 Å². The van der Waals surface area contributed by atoms with Crippen molar-refractivity contribution in [1.82, 2.24) is 15.6 Å². The Labute approximate surface area is 162 Å². The van der Waals surface area contributed by atoms with Crippen LogP contribution in [0.15, 0.2) is 47.6 Å². The van der Waals surface area contributed by atoms with Crippen molar-refractivity contribution in [2.75, 3.05) is 26.8 Å². The van der Waals surface area contributed by atoms with Crippen LogP contribution in [-0.2, 0) is 13.0 Å². The van der Waals surface area contributed by atoms with Crippen LogP contribution in [0.3, 0.4) is 0 Å². The Morgan fingerprint density at radius 3 is 2.70 bits per heavy atom. The summed E-state index contributed by atoms with van der Waals surface area (Å²) in [6.07, 6.45) is 3.74. The van der Waals surface area contributed by atoms with E-state index in [0.29, 0.717) is 13.2 Å². The van der Waals surface area contributed by atoms with Crippen molar-refractivity contribution in [3.05, 3.63) is 53.9 Å². The monoisotopic (exact) mass is 370 g/mol. The lowest BCUT2D eigenvalue weighted by Crippen LogP contribution is -2.37. The van der Waals surface area contributed by atoms with Gasteiger partial charge in [-0.3, -0.25) is 4.98 Å². The Balaban J connectivity index is 1.83. The van der Waals surface area contributed by atoms with Crippen molar-refractivity contribution in [2.24, 2.45) is 4.99 Å². The number of methoxy groups -OCH3 is 1. The number of aryl methyl sites for hydroxylation is 1. The highest BCUT2D eigenvalue weighted by atomic mass is 16.5. The molecular weight excluding hydrogens is 340 g/mol. The zero-order valence-corrected chi connectivity index (χ0v) is 16.5. The number of nitrogens with zero attached hydrogens (tertiary/aromatic N) is 2. The number of benzene rings is 1. The lowest BCUT2D eigenvalue weighted by atomic mass is 10.1. The second-order valence-corrected chi connectivity index (χ2v) is 5.96. The van der Waals surface area contributed by atoms with E-state index in [9.17, 15) is 0 Å². The summed E-state index contributed by atoms with van der Waals surface area (Å²) in [6, 6.07) is 12.0. The third-order valence-electron chi connectivity index (χ3n) is 3.93. The Hall–Kier alpha value is -2.76. The van der Waals surface area contributed by atoms with Crippen LogP contribution < -0.4 is 20.1 Å². The first-order valence-corrected chi connectivity index (χ1v) is 9.48. The third-order valence-corrected chi connectivity index (χ3v) is 3.93. The van der Waals surface area contributed by atoms with Crippen LogP contribution in [-0.4, -0.2) is 37.7 Å². The van der Waals surface area contributed by atoms with Gasteiger partial charge in [-0.05, 0) is 56.5 Å². The average Bonchev–Trinajstić information content (AvgIpc) is 2.70. The summed E-state index contributed by atoms with van der Waals surface area (Å²) in [6.45, 7) is 6.88. The molecule has 2 rings (SSSR count). The van der Waals surface area contributed by atoms with Crippen LogP contribution >= 0.6 is 0 Å². The molecule has 0 aliphatic heterocycles. The first-order valence-electron chi connectivity index (χ1n) is 9.48. The fourth-order valence-electron chi connectivity index (χ4n) is 2.64. The van der Waals surface area contributed by atoms with Gasteiger partial charge in [0.25, 0.3) is 0 Å². The van der Waals surface area contributed by atoms with E-state index in [2.05, 4.69) is 39.7 Å². The molecule has 0 atom stereocenters. The summed E-state index contributed by atoms with van der Waals surface area (Å²) in [5.41, 5.74) is 2.19. The Bertz CT molecular complexity index is 705. The van der Waals surface area contributed by atoms with E-state index in [1.807, 2.05) is 31.2 Å². The number of aromatic nitrogens is 1. The van der Waals surface area contributed by atoms with Crippen LogP contribution in [0.2, 0.25) is 0 Å². The summed E-state index contributed by atoms with van der Waals surface area (Å²) in [4.78, 5) is 8.88. The number of hydrogen-bond acceptors (Lipinski definition) is 4. The second-order valence-electron chi connectivity index (χ2n) is 5.96. The summed E-state index contributed by atoms with van der Waals surface area (Å²) in [7, 11) is 1.66. The van der Waals surface area contributed by atoms with Crippen molar-refractivity contribution < 1.29 is 9.47 Å². The highest BCUT2D eigenvalue weighted by molar-refractivity contribution is 5.79. The number of nitrogens with one attached hydrogen (secondary N) is 2. The van der Waals surface area contributed by atoms with Gasteiger partial charge in [0.2, 0.25) is 0 Å². The van der Waals surface area contributed by atoms with Gasteiger partial charge in [-0.15, -0.1) is 0 Å². The lowest BCUT2D eigenvalue weighted by Gasteiger charge is -2.13. The first-order chi connectivity index (χ1) is 13.3. The number of hydrogen-bond donors (Lipinski definition) is 2. The summed E-state index contributed by atoms with van der Waals surface area (Å²) >= 11 is 0. The minimum absolute atomic E-state index is 0.562. The SMILES string of the molecule is CCNC(=NCc1ccccn1)NCCCc1ccc(OC)c(OCC)c1. The lowest BCUT2D eigenvalue weighted by molar-refractivity contribution is 0.310. The highest BCUT2D eigenvalue weighted by Gasteiger charge is 2.05. The van der Waals surface area contributed by atoms with E-state index >= 15 is 0 Å². The van der Waals surface area contributed by atoms with Crippen LogP contribution in [0.4, 0.5) is 0 Å². The molecule has 1 heterocycles. The maximum Gasteiger partial charge on any atom is 0.191 e.